The van der Waals surface area contributed by atoms with Gasteiger partial charge in [-0.25, -0.2) is 13.1 Å². The number of sulfonamides is 1. The summed E-state index contributed by atoms with van der Waals surface area (Å²) < 4.78 is 32.7. The Labute approximate surface area is 185 Å². The average molecular weight is 448 g/mol. The van der Waals surface area contributed by atoms with Gasteiger partial charge in [-0.15, -0.1) is 0 Å². The number of likely N-dealkylation sites (tertiary alicyclic amines) is 1. The molecule has 170 valence electrons. The maximum Gasteiger partial charge on any atom is 0.223 e. The molecule has 2 atom stereocenters. The fourth-order valence-corrected chi connectivity index (χ4v) is 5.64. The molecule has 0 aromatic heterocycles. The van der Waals surface area contributed by atoms with E-state index >= 15 is 0 Å². The monoisotopic (exact) mass is 447 g/mol. The van der Waals surface area contributed by atoms with E-state index in [1.165, 1.54) is 5.56 Å². The van der Waals surface area contributed by atoms with Gasteiger partial charge in [0.05, 0.1) is 31.1 Å². The van der Waals surface area contributed by atoms with Gasteiger partial charge in [-0.3, -0.25) is 4.79 Å². The van der Waals surface area contributed by atoms with E-state index in [0.717, 1.165) is 38.4 Å². The van der Waals surface area contributed by atoms with Crippen LogP contribution >= 0.6 is 0 Å². The summed E-state index contributed by atoms with van der Waals surface area (Å²) in [6.45, 7) is 0.882. The van der Waals surface area contributed by atoms with Gasteiger partial charge < -0.3 is 9.64 Å². The number of rotatable bonds is 8. The summed E-state index contributed by atoms with van der Waals surface area (Å²) in [5.41, 5.74) is 1.37. The molecule has 0 unspecified atom stereocenters. The smallest absolute Gasteiger partial charge is 0.223 e. The number of hydrogen-bond acceptors (Lipinski definition) is 5. The second-order valence-electron chi connectivity index (χ2n) is 8.67. The van der Waals surface area contributed by atoms with Crippen molar-refractivity contribution in [3.05, 3.63) is 35.9 Å². The van der Waals surface area contributed by atoms with E-state index in [1.807, 2.05) is 12.1 Å². The lowest BCUT2D eigenvalue weighted by Crippen LogP contribution is -2.59. The molecule has 0 radical (unpaired) electrons. The zero-order chi connectivity index (χ0) is 22.3. The minimum absolute atomic E-state index is 0.108. The highest BCUT2D eigenvalue weighted by Gasteiger charge is 2.36. The molecular formula is C23H33N3O4S. The number of carbonyl (C=O) groups excluding carboxylic acids is 1. The molecule has 0 spiro atoms. The second kappa shape index (κ2) is 11.1. The highest BCUT2D eigenvalue weighted by molar-refractivity contribution is 7.88. The van der Waals surface area contributed by atoms with Gasteiger partial charge in [0.25, 0.3) is 0 Å². The highest BCUT2D eigenvalue weighted by atomic mass is 32.2. The molecule has 7 nitrogen and oxygen atoms in total. The zero-order valence-electron chi connectivity index (χ0n) is 18.2. The highest BCUT2D eigenvalue weighted by Crippen LogP contribution is 2.34. The van der Waals surface area contributed by atoms with Gasteiger partial charge in [-0.1, -0.05) is 30.3 Å². The first kappa shape index (κ1) is 23.7. The SMILES string of the molecule is CS(=O)(=O)N[C@H]1CCCN(C(=O)CCC#N)[C@H]1COC1CCC(c2ccccc2)CC1. The number of hydrogen-bond donors (Lipinski definition) is 1. The molecule has 3 rings (SSSR count). The second-order valence-corrected chi connectivity index (χ2v) is 10.4. The lowest BCUT2D eigenvalue weighted by atomic mass is 9.83. The normalized spacial score (nSPS) is 26.9. The summed E-state index contributed by atoms with van der Waals surface area (Å²) in [5, 5.41) is 8.82. The van der Waals surface area contributed by atoms with Crippen molar-refractivity contribution < 1.29 is 17.9 Å². The number of ether oxygens (including phenoxy) is 1. The van der Waals surface area contributed by atoms with Crippen LogP contribution in [0.4, 0.5) is 0 Å². The molecule has 2 aliphatic rings. The summed E-state index contributed by atoms with van der Waals surface area (Å²) in [7, 11) is -3.40. The molecule has 1 saturated heterocycles. The van der Waals surface area contributed by atoms with Gasteiger partial charge in [-0.05, 0) is 50.0 Å². The van der Waals surface area contributed by atoms with Gasteiger partial charge in [0, 0.05) is 25.4 Å². The first-order valence-corrected chi connectivity index (χ1v) is 13.1. The summed E-state index contributed by atoms with van der Waals surface area (Å²) in [6, 6.07) is 11.9. The van der Waals surface area contributed by atoms with E-state index in [1.54, 1.807) is 4.90 Å². The van der Waals surface area contributed by atoms with Gasteiger partial charge in [0.2, 0.25) is 15.9 Å². The number of amides is 1. The van der Waals surface area contributed by atoms with Crippen LogP contribution in [0.1, 0.15) is 62.8 Å². The summed E-state index contributed by atoms with van der Waals surface area (Å²) in [5.74, 6) is 0.447. The van der Waals surface area contributed by atoms with Crippen molar-refractivity contribution in [3.63, 3.8) is 0 Å². The fourth-order valence-electron chi connectivity index (χ4n) is 4.81. The van der Waals surface area contributed by atoms with Crippen molar-refractivity contribution >= 4 is 15.9 Å². The Balaban J connectivity index is 1.60. The summed E-state index contributed by atoms with van der Waals surface area (Å²) >= 11 is 0. The molecule has 0 bridgehead atoms. The largest absolute Gasteiger partial charge is 0.376 e. The van der Waals surface area contributed by atoms with Crippen molar-refractivity contribution in [2.75, 3.05) is 19.4 Å². The number of benzene rings is 1. The van der Waals surface area contributed by atoms with Crippen LogP contribution in [0.2, 0.25) is 0 Å². The predicted molar refractivity (Wildman–Crippen MR) is 119 cm³/mol. The fraction of sp³-hybridized carbons (Fsp3) is 0.652. The summed E-state index contributed by atoms with van der Waals surface area (Å²) in [4.78, 5) is 14.4. The Hall–Kier alpha value is -1.95. The van der Waals surface area contributed by atoms with Crippen molar-refractivity contribution in [1.29, 1.82) is 5.26 Å². The average Bonchev–Trinajstić information content (AvgIpc) is 2.76. The van der Waals surface area contributed by atoms with Crippen LogP contribution in [0, 0.1) is 11.3 Å². The Bertz CT molecular complexity index is 861. The van der Waals surface area contributed by atoms with Crippen molar-refractivity contribution in [2.45, 2.75) is 75.5 Å². The van der Waals surface area contributed by atoms with Crippen molar-refractivity contribution in [3.8, 4) is 6.07 Å². The third-order valence-corrected chi connectivity index (χ3v) is 7.09. The van der Waals surface area contributed by atoms with E-state index in [-0.39, 0.29) is 36.9 Å². The Morgan fingerprint density at radius 2 is 1.90 bits per heavy atom. The zero-order valence-corrected chi connectivity index (χ0v) is 19.0. The van der Waals surface area contributed by atoms with Crippen LogP contribution < -0.4 is 4.72 Å². The Morgan fingerprint density at radius 1 is 1.19 bits per heavy atom. The predicted octanol–water partition coefficient (Wildman–Crippen LogP) is 2.94. The van der Waals surface area contributed by atoms with Crippen LogP contribution in [-0.2, 0) is 19.6 Å². The van der Waals surface area contributed by atoms with Gasteiger partial charge in [0.15, 0.2) is 0 Å². The molecule has 1 heterocycles. The third-order valence-electron chi connectivity index (χ3n) is 6.36. The van der Waals surface area contributed by atoms with E-state index in [0.29, 0.717) is 25.5 Å². The minimum Gasteiger partial charge on any atom is -0.376 e. The number of piperidine rings is 1. The molecular weight excluding hydrogens is 414 g/mol. The molecule has 1 aromatic carbocycles. The van der Waals surface area contributed by atoms with Crippen molar-refractivity contribution in [2.24, 2.45) is 0 Å². The number of nitrogens with zero attached hydrogens (tertiary/aromatic N) is 2. The minimum atomic E-state index is -3.40. The number of carbonyl (C=O) groups is 1. The lowest BCUT2D eigenvalue weighted by Gasteiger charge is -2.42. The van der Waals surface area contributed by atoms with Gasteiger partial charge in [-0.2, -0.15) is 5.26 Å². The standard InChI is InChI=1S/C23H33N3O4S/c1-31(28,29)25-21-9-6-16-26(23(27)10-5-15-24)22(21)17-30-20-13-11-19(12-14-20)18-7-3-2-4-8-18/h2-4,7-8,19-22,25H,5-6,9-14,16-17H2,1H3/t19?,20?,21-,22-/m0/s1. The maximum atomic E-state index is 12.7. The number of nitriles is 1. The van der Waals surface area contributed by atoms with E-state index in [4.69, 9.17) is 10.00 Å². The first-order valence-electron chi connectivity index (χ1n) is 11.2. The van der Waals surface area contributed by atoms with Crippen LogP contribution in [0.5, 0.6) is 0 Å². The lowest BCUT2D eigenvalue weighted by molar-refractivity contribution is -0.138. The van der Waals surface area contributed by atoms with Gasteiger partial charge >= 0.3 is 0 Å². The van der Waals surface area contributed by atoms with Crippen LogP contribution in [0.3, 0.4) is 0 Å². The van der Waals surface area contributed by atoms with Crippen LogP contribution in [0.15, 0.2) is 30.3 Å². The maximum absolute atomic E-state index is 12.7. The molecule has 1 N–H and O–H groups in total. The molecule has 1 aliphatic carbocycles. The summed E-state index contributed by atoms with van der Waals surface area (Å²) in [6.07, 6.45) is 7.02. The molecule has 1 aromatic rings. The molecule has 1 saturated carbocycles. The topological polar surface area (TPSA) is 99.5 Å². The van der Waals surface area contributed by atoms with Crippen LogP contribution in [0.25, 0.3) is 0 Å². The molecule has 1 aliphatic heterocycles. The first-order chi connectivity index (χ1) is 14.9. The Kier molecular flexibility index (Phi) is 8.47. The van der Waals surface area contributed by atoms with E-state index in [2.05, 4.69) is 29.0 Å². The molecule has 8 heteroatoms. The quantitative estimate of drug-likeness (QED) is 0.660. The molecule has 1 amide bonds. The van der Waals surface area contributed by atoms with Gasteiger partial charge in [0.1, 0.15) is 0 Å². The van der Waals surface area contributed by atoms with E-state index in [9.17, 15) is 13.2 Å². The molecule has 31 heavy (non-hydrogen) atoms. The van der Waals surface area contributed by atoms with Crippen LogP contribution in [-0.4, -0.2) is 56.8 Å². The third kappa shape index (κ3) is 7.03. The van der Waals surface area contributed by atoms with Crippen molar-refractivity contribution in [1.82, 2.24) is 9.62 Å². The van der Waals surface area contributed by atoms with E-state index < -0.39 is 10.0 Å². The Morgan fingerprint density at radius 3 is 2.55 bits per heavy atom. The number of nitrogens with one attached hydrogen (secondary N) is 1. The molecule has 2 fully saturated rings.